The van der Waals surface area contributed by atoms with E-state index >= 15 is 4.39 Å². The van der Waals surface area contributed by atoms with E-state index in [2.05, 4.69) is 41.0 Å². The van der Waals surface area contributed by atoms with Crippen molar-refractivity contribution in [3.63, 3.8) is 0 Å². The van der Waals surface area contributed by atoms with E-state index in [1.54, 1.807) is 18.6 Å². The lowest BCUT2D eigenvalue weighted by atomic mass is 9.68. The van der Waals surface area contributed by atoms with E-state index in [0.29, 0.717) is 29.0 Å². The molecule has 174 valence electrons. The monoisotopic (exact) mass is 450 g/mol. The second-order valence-electron chi connectivity index (χ2n) is 9.93. The second kappa shape index (κ2) is 8.09. The van der Waals surface area contributed by atoms with Crippen molar-refractivity contribution >= 4 is 5.82 Å². The van der Waals surface area contributed by atoms with Gasteiger partial charge in [0.2, 0.25) is 0 Å². The van der Waals surface area contributed by atoms with Crippen molar-refractivity contribution < 1.29 is 9.50 Å². The first-order valence-electron chi connectivity index (χ1n) is 11.5. The molecule has 1 aromatic carbocycles. The third-order valence-corrected chi connectivity index (χ3v) is 7.80. The van der Waals surface area contributed by atoms with Gasteiger partial charge in [-0.1, -0.05) is 6.92 Å². The lowest BCUT2D eigenvalue weighted by Gasteiger charge is -2.58. The number of anilines is 1. The summed E-state index contributed by atoms with van der Waals surface area (Å²) in [5.41, 5.74) is 1.51. The molecule has 0 amide bonds. The Kier molecular flexibility index (Phi) is 5.35. The molecule has 0 saturated carbocycles. The zero-order valence-electron chi connectivity index (χ0n) is 19.6. The summed E-state index contributed by atoms with van der Waals surface area (Å²) in [5.74, 6) is 1.29. The van der Waals surface area contributed by atoms with Crippen LogP contribution < -0.4 is 4.90 Å². The standard InChI is InChI=1S/C25H31FN6O/c1-16-11-18-12-21(24(26)25(2,14-16)31(18)4)30(3)23-8-7-20(28-29-23)19-6-5-17(13-22(19)33)32-10-9-27-15-32/h5-10,13,15-16,18,21,24,33H,11-12,14H2,1-4H3/t16?,18?,21-,24+,25+/m0/s1. The van der Waals surface area contributed by atoms with Crippen LogP contribution in [-0.4, -0.2) is 67.6 Å². The minimum absolute atomic E-state index is 0.116. The van der Waals surface area contributed by atoms with E-state index in [9.17, 15) is 5.11 Å². The summed E-state index contributed by atoms with van der Waals surface area (Å²) in [4.78, 5) is 8.23. The zero-order chi connectivity index (χ0) is 23.3. The molecule has 8 heteroatoms. The van der Waals surface area contributed by atoms with Crippen molar-refractivity contribution in [3.8, 4) is 22.7 Å². The van der Waals surface area contributed by atoms with Crippen LogP contribution in [0.5, 0.6) is 5.75 Å². The Balaban J connectivity index is 1.37. The molecule has 33 heavy (non-hydrogen) atoms. The van der Waals surface area contributed by atoms with Crippen LogP contribution in [-0.2, 0) is 0 Å². The molecule has 0 spiro atoms. The Morgan fingerprint density at radius 2 is 2.00 bits per heavy atom. The summed E-state index contributed by atoms with van der Waals surface area (Å²) in [7, 11) is 3.98. The number of benzene rings is 1. The van der Waals surface area contributed by atoms with Gasteiger partial charge in [0.15, 0.2) is 5.82 Å². The van der Waals surface area contributed by atoms with Gasteiger partial charge in [0.1, 0.15) is 11.9 Å². The number of rotatable bonds is 4. The molecule has 2 fully saturated rings. The van der Waals surface area contributed by atoms with Gasteiger partial charge in [-0.2, -0.15) is 0 Å². The minimum atomic E-state index is -0.979. The number of phenols is 1. The highest BCUT2D eigenvalue weighted by atomic mass is 19.1. The normalized spacial score (nSPS) is 29.7. The molecule has 2 saturated heterocycles. The van der Waals surface area contributed by atoms with Gasteiger partial charge >= 0.3 is 0 Å². The zero-order valence-corrected chi connectivity index (χ0v) is 19.6. The summed E-state index contributed by atoms with van der Waals surface area (Å²) in [6, 6.07) is 9.20. The number of imidazole rings is 1. The fourth-order valence-corrected chi connectivity index (χ4v) is 5.84. The van der Waals surface area contributed by atoms with Gasteiger partial charge in [-0.15, -0.1) is 10.2 Å². The van der Waals surface area contributed by atoms with E-state index in [1.165, 1.54) is 0 Å². The first-order chi connectivity index (χ1) is 15.8. The fraction of sp³-hybridized carbons (Fsp3) is 0.480. The van der Waals surface area contributed by atoms with Crippen LogP contribution >= 0.6 is 0 Å². The Hall–Kier alpha value is -3.00. The first kappa shape index (κ1) is 21.8. The largest absolute Gasteiger partial charge is 0.507 e. The Morgan fingerprint density at radius 3 is 2.67 bits per heavy atom. The third kappa shape index (κ3) is 3.66. The van der Waals surface area contributed by atoms with Crippen molar-refractivity contribution in [2.24, 2.45) is 5.92 Å². The molecule has 2 aliphatic heterocycles. The molecule has 2 aliphatic rings. The number of phenolic OH excluding ortho intramolecular Hbond substituents is 1. The number of aromatic hydroxyl groups is 1. The van der Waals surface area contributed by atoms with Crippen LogP contribution in [0, 0.1) is 5.92 Å². The lowest BCUT2D eigenvalue weighted by Crippen LogP contribution is -2.69. The maximum Gasteiger partial charge on any atom is 0.151 e. The molecule has 5 rings (SSSR count). The summed E-state index contributed by atoms with van der Waals surface area (Å²) < 4.78 is 17.7. The molecule has 2 bridgehead atoms. The molecular formula is C25H31FN6O. The maximum atomic E-state index is 15.8. The molecule has 3 aromatic rings. The van der Waals surface area contributed by atoms with Gasteiger partial charge in [0, 0.05) is 37.1 Å². The highest BCUT2D eigenvalue weighted by Crippen LogP contribution is 2.46. The number of hydrogen-bond donors (Lipinski definition) is 1. The van der Waals surface area contributed by atoms with Crippen molar-refractivity contribution in [2.75, 3.05) is 19.0 Å². The van der Waals surface area contributed by atoms with E-state index in [0.717, 1.165) is 24.9 Å². The number of fused-ring (bicyclic) bond motifs is 2. The highest BCUT2D eigenvalue weighted by Gasteiger charge is 2.54. The Labute approximate surface area is 193 Å². The number of piperidine rings is 2. The van der Waals surface area contributed by atoms with Crippen LogP contribution in [0.2, 0.25) is 0 Å². The number of nitrogens with zero attached hydrogens (tertiary/aromatic N) is 6. The van der Waals surface area contributed by atoms with Crippen LogP contribution in [0.1, 0.15) is 33.1 Å². The summed E-state index contributed by atoms with van der Waals surface area (Å²) in [6.07, 6.45) is 6.94. The van der Waals surface area contributed by atoms with Crippen LogP contribution in [0.3, 0.4) is 0 Å². The van der Waals surface area contributed by atoms with Crippen molar-refractivity contribution in [3.05, 3.63) is 49.1 Å². The van der Waals surface area contributed by atoms with Gasteiger partial charge in [0.05, 0.1) is 29.3 Å². The Morgan fingerprint density at radius 1 is 1.18 bits per heavy atom. The van der Waals surface area contributed by atoms with E-state index in [4.69, 9.17) is 0 Å². The quantitative estimate of drug-likeness (QED) is 0.646. The molecule has 7 nitrogen and oxygen atoms in total. The number of halogens is 1. The predicted molar refractivity (Wildman–Crippen MR) is 126 cm³/mol. The highest BCUT2D eigenvalue weighted by molar-refractivity contribution is 5.69. The van der Waals surface area contributed by atoms with E-state index in [-0.39, 0.29) is 11.8 Å². The fourth-order valence-electron chi connectivity index (χ4n) is 5.84. The van der Waals surface area contributed by atoms with Gasteiger partial charge < -0.3 is 14.6 Å². The summed E-state index contributed by atoms with van der Waals surface area (Å²) in [6.45, 7) is 4.29. The average Bonchev–Trinajstić information content (AvgIpc) is 3.34. The second-order valence-corrected chi connectivity index (χ2v) is 9.93. The van der Waals surface area contributed by atoms with Gasteiger partial charge in [0.25, 0.3) is 0 Å². The van der Waals surface area contributed by atoms with Crippen molar-refractivity contribution in [2.45, 2.75) is 56.9 Å². The average molecular weight is 451 g/mol. The number of alkyl halides is 1. The summed E-state index contributed by atoms with van der Waals surface area (Å²) in [5, 5.41) is 19.3. The van der Waals surface area contributed by atoms with Crippen LogP contribution in [0.4, 0.5) is 10.2 Å². The maximum absolute atomic E-state index is 15.8. The molecular weight excluding hydrogens is 419 g/mol. The Bertz CT molecular complexity index is 1120. The topological polar surface area (TPSA) is 70.3 Å². The molecule has 0 radical (unpaired) electrons. The summed E-state index contributed by atoms with van der Waals surface area (Å²) >= 11 is 0. The van der Waals surface area contributed by atoms with Crippen LogP contribution in [0.15, 0.2) is 49.1 Å². The van der Waals surface area contributed by atoms with Gasteiger partial charge in [-0.3, -0.25) is 4.90 Å². The van der Waals surface area contributed by atoms with E-state index in [1.807, 2.05) is 47.0 Å². The number of aromatic nitrogens is 4. The molecule has 0 aliphatic carbocycles. The van der Waals surface area contributed by atoms with Gasteiger partial charge in [-0.05, 0) is 63.4 Å². The minimum Gasteiger partial charge on any atom is -0.507 e. The lowest BCUT2D eigenvalue weighted by molar-refractivity contribution is -0.0881. The number of hydrogen-bond acceptors (Lipinski definition) is 6. The third-order valence-electron chi connectivity index (χ3n) is 7.80. The molecule has 2 unspecified atom stereocenters. The molecule has 2 aromatic heterocycles. The molecule has 4 heterocycles. The molecule has 5 atom stereocenters. The predicted octanol–water partition coefficient (Wildman–Crippen LogP) is 4.07. The smallest absolute Gasteiger partial charge is 0.151 e. The van der Waals surface area contributed by atoms with Gasteiger partial charge in [-0.25, -0.2) is 9.37 Å². The molecule has 1 N–H and O–H groups in total. The van der Waals surface area contributed by atoms with Crippen molar-refractivity contribution in [1.29, 1.82) is 0 Å². The van der Waals surface area contributed by atoms with E-state index < -0.39 is 11.7 Å². The van der Waals surface area contributed by atoms with Crippen molar-refractivity contribution in [1.82, 2.24) is 24.6 Å². The SMILES string of the molecule is CC1CC2C[C@H](N(C)c3ccc(-c4ccc(-n5ccnc5)cc4O)nn3)[C@@H](F)[C@@](C)(C1)N2C. The first-order valence-corrected chi connectivity index (χ1v) is 11.5. The van der Waals surface area contributed by atoms with Crippen LogP contribution in [0.25, 0.3) is 16.9 Å².